The molecule has 0 fully saturated rings. The first kappa shape index (κ1) is 14.6. The van der Waals surface area contributed by atoms with Gasteiger partial charge in [0.2, 0.25) is 0 Å². The van der Waals surface area contributed by atoms with Gasteiger partial charge in [0, 0.05) is 18.4 Å². The third-order valence-corrected chi connectivity index (χ3v) is 3.53. The SMILES string of the molecule is CC(CBr)N(C)C(=O)c1ccc(F)cc1[N+](=O)[O-]. The van der Waals surface area contributed by atoms with Crippen LogP contribution in [0.25, 0.3) is 0 Å². The first-order valence-electron chi connectivity index (χ1n) is 5.15. The van der Waals surface area contributed by atoms with Gasteiger partial charge in [0.1, 0.15) is 11.4 Å². The Bertz CT molecular complexity index is 481. The molecule has 0 radical (unpaired) electrons. The Labute approximate surface area is 112 Å². The molecule has 0 bridgehead atoms. The van der Waals surface area contributed by atoms with Crippen molar-refractivity contribution in [2.45, 2.75) is 13.0 Å². The number of nitrogens with zero attached hydrogens (tertiary/aromatic N) is 2. The van der Waals surface area contributed by atoms with Crippen molar-refractivity contribution in [2.24, 2.45) is 0 Å². The van der Waals surface area contributed by atoms with E-state index in [0.717, 1.165) is 18.2 Å². The smallest absolute Gasteiger partial charge is 0.285 e. The van der Waals surface area contributed by atoms with E-state index in [2.05, 4.69) is 15.9 Å². The van der Waals surface area contributed by atoms with Gasteiger partial charge < -0.3 is 4.90 Å². The zero-order valence-electron chi connectivity index (χ0n) is 9.89. The lowest BCUT2D eigenvalue weighted by Crippen LogP contribution is -2.36. The summed E-state index contributed by atoms with van der Waals surface area (Å²) in [4.78, 5) is 23.5. The van der Waals surface area contributed by atoms with Crippen LogP contribution in [0.15, 0.2) is 18.2 Å². The lowest BCUT2D eigenvalue weighted by Gasteiger charge is -2.23. The average Bonchev–Trinajstić information content (AvgIpc) is 2.35. The highest BCUT2D eigenvalue weighted by Crippen LogP contribution is 2.21. The summed E-state index contributed by atoms with van der Waals surface area (Å²) in [6, 6.07) is 2.79. The second-order valence-corrected chi connectivity index (χ2v) is 4.49. The predicted octanol–water partition coefficient (Wildman–Crippen LogP) is 2.59. The molecule has 0 saturated carbocycles. The van der Waals surface area contributed by atoms with Gasteiger partial charge in [-0.1, -0.05) is 15.9 Å². The average molecular weight is 319 g/mol. The predicted molar refractivity (Wildman–Crippen MR) is 68.4 cm³/mol. The molecular weight excluding hydrogens is 307 g/mol. The molecule has 18 heavy (non-hydrogen) atoms. The summed E-state index contributed by atoms with van der Waals surface area (Å²) in [6.07, 6.45) is 0. The first-order valence-corrected chi connectivity index (χ1v) is 6.27. The maximum absolute atomic E-state index is 13.0. The Hall–Kier alpha value is -1.50. The normalized spacial score (nSPS) is 12.0. The van der Waals surface area contributed by atoms with Gasteiger partial charge in [0.15, 0.2) is 0 Å². The van der Waals surface area contributed by atoms with E-state index in [0.29, 0.717) is 5.33 Å². The van der Waals surface area contributed by atoms with Gasteiger partial charge in [0.25, 0.3) is 11.6 Å². The lowest BCUT2D eigenvalue weighted by atomic mass is 10.1. The van der Waals surface area contributed by atoms with Crippen molar-refractivity contribution in [3.8, 4) is 0 Å². The molecule has 0 aliphatic heterocycles. The van der Waals surface area contributed by atoms with Crippen molar-refractivity contribution in [2.75, 3.05) is 12.4 Å². The van der Waals surface area contributed by atoms with Crippen molar-refractivity contribution in [3.05, 3.63) is 39.7 Å². The number of hydrogen-bond acceptors (Lipinski definition) is 3. The highest BCUT2D eigenvalue weighted by atomic mass is 79.9. The van der Waals surface area contributed by atoms with Gasteiger partial charge in [-0.3, -0.25) is 14.9 Å². The third kappa shape index (κ3) is 3.04. The number of carbonyl (C=O) groups excluding carboxylic acids is 1. The zero-order chi connectivity index (χ0) is 13.9. The zero-order valence-corrected chi connectivity index (χ0v) is 11.5. The van der Waals surface area contributed by atoms with Crippen LogP contribution in [0.4, 0.5) is 10.1 Å². The molecule has 0 spiro atoms. The summed E-state index contributed by atoms with van der Waals surface area (Å²) in [5.74, 6) is -1.25. The number of hydrogen-bond donors (Lipinski definition) is 0. The highest BCUT2D eigenvalue weighted by molar-refractivity contribution is 9.09. The Morgan fingerprint density at radius 2 is 2.22 bits per heavy atom. The fourth-order valence-corrected chi connectivity index (χ4v) is 1.76. The van der Waals surface area contributed by atoms with Gasteiger partial charge >= 0.3 is 0 Å². The molecular formula is C11H12BrFN2O3. The van der Waals surface area contributed by atoms with E-state index in [-0.39, 0.29) is 11.6 Å². The quantitative estimate of drug-likeness (QED) is 0.487. The van der Waals surface area contributed by atoms with Gasteiger partial charge in [-0.05, 0) is 19.1 Å². The number of amides is 1. The summed E-state index contributed by atoms with van der Waals surface area (Å²) in [5.41, 5.74) is -0.634. The molecule has 1 amide bonds. The molecule has 0 N–H and O–H groups in total. The Balaban J connectivity index is 3.17. The van der Waals surface area contributed by atoms with E-state index in [1.54, 1.807) is 14.0 Å². The number of halogens is 2. The molecule has 0 aromatic heterocycles. The standard InChI is InChI=1S/C11H12BrFN2O3/c1-7(6-12)14(2)11(16)9-4-3-8(13)5-10(9)15(17)18/h3-5,7H,6H2,1-2H3. The molecule has 5 nitrogen and oxygen atoms in total. The largest absolute Gasteiger partial charge is 0.338 e. The van der Waals surface area contributed by atoms with E-state index >= 15 is 0 Å². The molecule has 7 heteroatoms. The first-order chi connectivity index (χ1) is 8.38. The van der Waals surface area contributed by atoms with Crippen LogP contribution in [0.5, 0.6) is 0 Å². The number of rotatable bonds is 4. The van der Waals surface area contributed by atoms with Crippen molar-refractivity contribution < 1.29 is 14.1 Å². The van der Waals surface area contributed by atoms with Gasteiger partial charge in [0.05, 0.1) is 11.0 Å². The molecule has 98 valence electrons. The molecule has 0 saturated heterocycles. The molecule has 1 rings (SSSR count). The summed E-state index contributed by atoms with van der Waals surface area (Å²) in [5, 5.41) is 11.3. The molecule has 1 aromatic carbocycles. The van der Waals surface area contributed by atoms with Gasteiger partial charge in [-0.15, -0.1) is 0 Å². The molecule has 1 unspecified atom stereocenters. The van der Waals surface area contributed by atoms with E-state index in [4.69, 9.17) is 0 Å². The van der Waals surface area contributed by atoms with E-state index in [1.807, 2.05) is 0 Å². The van der Waals surface area contributed by atoms with E-state index < -0.39 is 22.3 Å². The minimum atomic E-state index is -0.761. The van der Waals surface area contributed by atoms with Gasteiger partial charge in [-0.25, -0.2) is 4.39 Å². The second-order valence-electron chi connectivity index (χ2n) is 3.84. The van der Waals surface area contributed by atoms with Crippen LogP contribution in [0.2, 0.25) is 0 Å². The van der Waals surface area contributed by atoms with Crippen LogP contribution in [-0.2, 0) is 0 Å². The topological polar surface area (TPSA) is 63.5 Å². The summed E-state index contributed by atoms with van der Waals surface area (Å²) in [6.45, 7) is 1.79. The fourth-order valence-electron chi connectivity index (χ4n) is 1.33. The summed E-state index contributed by atoms with van der Waals surface area (Å²) in [7, 11) is 1.54. The van der Waals surface area contributed by atoms with Crippen LogP contribution in [0.1, 0.15) is 17.3 Å². The maximum Gasteiger partial charge on any atom is 0.285 e. The Kier molecular flexibility index (Phi) is 4.77. The van der Waals surface area contributed by atoms with Crippen molar-refractivity contribution in [1.82, 2.24) is 4.90 Å². The van der Waals surface area contributed by atoms with Crippen molar-refractivity contribution >= 4 is 27.5 Å². The van der Waals surface area contributed by atoms with Gasteiger partial charge in [-0.2, -0.15) is 0 Å². The molecule has 1 aromatic rings. The fraction of sp³-hybridized carbons (Fsp3) is 0.364. The number of carbonyl (C=O) groups is 1. The monoisotopic (exact) mass is 318 g/mol. The van der Waals surface area contributed by atoms with E-state index in [9.17, 15) is 19.3 Å². The molecule has 0 aliphatic rings. The van der Waals surface area contributed by atoms with Crippen LogP contribution in [-0.4, -0.2) is 34.2 Å². The number of benzene rings is 1. The minimum Gasteiger partial charge on any atom is -0.338 e. The number of alkyl halides is 1. The second kappa shape index (κ2) is 5.90. The summed E-state index contributed by atoms with van der Waals surface area (Å²) >= 11 is 3.23. The van der Waals surface area contributed by atoms with Crippen LogP contribution < -0.4 is 0 Å². The van der Waals surface area contributed by atoms with Crippen LogP contribution >= 0.6 is 15.9 Å². The maximum atomic E-state index is 13.0. The number of nitro benzene ring substituents is 1. The van der Waals surface area contributed by atoms with E-state index in [1.165, 1.54) is 4.90 Å². The molecule has 0 heterocycles. The Morgan fingerprint density at radius 1 is 1.61 bits per heavy atom. The number of nitro groups is 1. The Morgan fingerprint density at radius 3 is 2.72 bits per heavy atom. The third-order valence-electron chi connectivity index (χ3n) is 2.59. The molecule has 1 atom stereocenters. The lowest BCUT2D eigenvalue weighted by molar-refractivity contribution is -0.385. The van der Waals surface area contributed by atoms with Crippen molar-refractivity contribution in [1.29, 1.82) is 0 Å². The summed E-state index contributed by atoms with van der Waals surface area (Å²) < 4.78 is 13.0. The van der Waals surface area contributed by atoms with Crippen LogP contribution in [0, 0.1) is 15.9 Å². The minimum absolute atomic E-state index is 0.114. The highest BCUT2D eigenvalue weighted by Gasteiger charge is 2.25. The van der Waals surface area contributed by atoms with Crippen molar-refractivity contribution in [3.63, 3.8) is 0 Å². The van der Waals surface area contributed by atoms with Crippen LogP contribution in [0.3, 0.4) is 0 Å². The molecule has 0 aliphatic carbocycles.